The molecule has 154 valence electrons. The first kappa shape index (κ1) is 21.1. The molecule has 3 rings (SSSR count). The number of hydrogen-bond acceptors (Lipinski definition) is 3. The molecule has 0 bridgehead atoms. The first-order chi connectivity index (χ1) is 14.0. The summed E-state index contributed by atoms with van der Waals surface area (Å²) in [7, 11) is 0. The van der Waals surface area contributed by atoms with Crippen molar-refractivity contribution in [2.75, 3.05) is 19.6 Å². The highest BCUT2D eigenvalue weighted by Gasteiger charge is 2.21. The molecule has 29 heavy (non-hydrogen) atoms. The van der Waals surface area contributed by atoms with Crippen LogP contribution in [0.1, 0.15) is 41.8 Å². The number of carbonyl (C=O) groups is 2. The zero-order valence-corrected chi connectivity index (χ0v) is 17.4. The second kappa shape index (κ2) is 10.2. The molecular formula is C24H31N3O2. The summed E-state index contributed by atoms with van der Waals surface area (Å²) in [4.78, 5) is 26.5. The van der Waals surface area contributed by atoms with Gasteiger partial charge in [0.25, 0.3) is 5.91 Å². The Kier molecular flexibility index (Phi) is 7.42. The Balaban J connectivity index is 1.40. The second-order valence-corrected chi connectivity index (χ2v) is 8.28. The van der Waals surface area contributed by atoms with E-state index < -0.39 is 0 Å². The van der Waals surface area contributed by atoms with Crippen LogP contribution in [0.5, 0.6) is 0 Å². The van der Waals surface area contributed by atoms with Gasteiger partial charge in [0.15, 0.2) is 0 Å². The third-order valence-corrected chi connectivity index (χ3v) is 5.31. The van der Waals surface area contributed by atoms with Crippen molar-refractivity contribution in [1.82, 2.24) is 15.5 Å². The van der Waals surface area contributed by atoms with Gasteiger partial charge in [-0.2, -0.15) is 0 Å². The predicted molar refractivity (Wildman–Crippen MR) is 115 cm³/mol. The van der Waals surface area contributed by atoms with Crippen LogP contribution >= 0.6 is 0 Å². The summed E-state index contributed by atoms with van der Waals surface area (Å²) in [6.45, 7) is 8.39. The van der Waals surface area contributed by atoms with E-state index in [9.17, 15) is 9.59 Å². The monoisotopic (exact) mass is 393 g/mol. The van der Waals surface area contributed by atoms with Gasteiger partial charge in [0.2, 0.25) is 5.91 Å². The minimum atomic E-state index is -0.244. The summed E-state index contributed by atoms with van der Waals surface area (Å²) in [6, 6.07) is 17.3. The molecule has 2 aromatic rings. The van der Waals surface area contributed by atoms with Crippen LogP contribution < -0.4 is 10.6 Å². The van der Waals surface area contributed by atoms with Crippen molar-refractivity contribution >= 4 is 11.8 Å². The molecule has 0 aliphatic carbocycles. The highest BCUT2D eigenvalue weighted by molar-refractivity contribution is 5.96. The minimum Gasteiger partial charge on any atom is -0.350 e. The number of likely N-dealkylation sites (tertiary alicyclic amines) is 1. The van der Waals surface area contributed by atoms with Crippen LogP contribution in [0.25, 0.3) is 0 Å². The zero-order valence-electron chi connectivity index (χ0n) is 17.4. The SMILES string of the molecule is CC1CC(C)CN(Cc2ccc(CNC(=O)CNC(=O)c3ccccc3)cc2)C1. The summed E-state index contributed by atoms with van der Waals surface area (Å²) >= 11 is 0. The van der Waals surface area contributed by atoms with E-state index >= 15 is 0 Å². The maximum Gasteiger partial charge on any atom is 0.251 e. The highest BCUT2D eigenvalue weighted by atomic mass is 16.2. The Morgan fingerprint density at radius 3 is 2.17 bits per heavy atom. The Morgan fingerprint density at radius 1 is 0.897 bits per heavy atom. The molecule has 0 radical (unpaired) electrons. The largest absolute Gasteiger partial charge is 0.350 e. The third-order valence-electron chi connectivity index (χ3n) is 5.31. The molecule has 0 aromatic heterocycles. The van der Waals surface area contributed by atoms with Crippen LogP contribution in [0, 0.1) is 11.8 Å². The van der Waals surface area contributed by atoms with Crippen LogP contribution in [-0.2, 0) is 17.9 Å². The van der Waals surface area contributed by atoms with E-state index in [4.69, 9.17) is 0 Å². The zero-order chi connectivity index (χ0) is 20.6. The molecule has 2 aromatic carbocycles. The van der Waals surface area contributed by atoms with Gasteiger partial charge < -0.3 is 10.6 Å². The number of benzene rings is 2. The molecule has 1 saturated heterocycles. The standard InChI is InChI=1S/C24H31N3O2/c1-18-12-19(2)16-27(15-18)17-21-10-8-20(9-11-21)13-25-23(28)14-26-24(29)22-6-4-3-5-7-22/h3-11,18-19H,12-17H2,1-2H3,(H,25,28)(H,26,29). The average molecular weight is 394 g/mol. The summed E-state index contributed by atoms with van der Waals surface area (Å²) in [5.41, 5.74) is 2.90. The van der Waals surface area contributed by atoms with Gasteiger partial charge >= 0.3 is 0 Å². The fourth-order valence-corrected chi connectivity index (χ4v) is 4.06. The first-order valence-electron chi connectivity index (χ1n) is 10.4. The lowest BCUT2D eigenvalue weighted by Crippen LogP contribution is -2.38. The predicted octanol–water partition coefficient (Wildman–Crippen LogP) is 3.21. The van der Waals surface area contributed by atoms with Gasteiger partial charge in [-0.15, -0.1) is 0 Å². The summed E-state index contributed by atoms with van der Waals surface area (Å²) < 4.78 is 0. The molecule has 0 saturated carbocycles. The smallest absolute Gasteiger partial charge is 0.251 e. The third kappa shape index (κ3) is 6.71. The molecular weight excluding hydrogens is 362 g/mol. The van der Waals surface area contributed by atoms with E-state index in [0.717, 1.165) is 37.0 Å². The highest BCUT2D eigenvalue weighted by Crippen LogP contribution is 2.22. The molecule has 5 nitrogen and oxygen atoms in total. The summed E-state index contributed by atoms with van der Waals surface area (Å²) in [6.07, 6.45) is 1.32. The molecule has 0 spiro atoms. The van der Waals surface area contributed by atoms with E-state index in [1.807, 2.05) is 6.07 Å². The van der Waals surface area contributed by atoms with Crippen LogP contribution in [-0.4, -0.2) is 36.3 Å². The quantitative estimate of drug-likeness (QED) is 0.759. The lowest BCUT2D eigenvalue weighted by molar-refractivity contribution is -0.120. The molecule has 5 heteroatoms. The second-order valence-electron chi connectivity index (χ2n) is 8.28. The summed E-state index contributed by atoms with van der Waals surface area (Å²) in [5.74, 6) is 1.08. The Hall–Kier alpha value is -2.66. The number of amides is 2. The van der Waals surface area contributed by atoms with Gasteiger partial charge in [-0.05, 0) is 41.5 Å². The van der Waals surface area contributed by atoms with Crippen molar-refractivity contribution in [3.8, 4) is 0 Å². The van der Waals surface area contributed by atoms with Crippen LogP contribution in [0.2, 0.25) is 0 Å². The first-order valence-corrected chi connectivity index (χ1v) is 10.4. The number of piperidine rings is 1. The molecule has 2 atom stereocenters. The lowest BCUT2D eigenvalue weighted by Gasteiger charge is -2.35. The van der Waals surface area contributed by atoms with Crippen molar-refractivity contribution in [1.29, 1.82) is 0 Å². The Bertz CT molecular complexity index is 795. The number of nitrogens with zero attached hydrogens (tertiary/aromatic N) is 1. The van der Waals surface area contributed by atoms with Crippen LogP contribution in [0.4, 0.5) is 0 Å². The van der Waals surface area contributed by atoms with E-state index in [-0.39, 0.29) is 18.4 Å². The Morgan fingerprint density at radius 2 is 1.52 bits per heavy atom. The van der Waals surface area contributed by atoms with Crippen LogP contribution in [0.15, 0.2) is 54.6 Å². The fourth-order valence-electron chi connectivity index (χ4n) is 4.06. The van der Waals surface area contributed by atoms with Gasteiger partial charge in [0.05, 0.1) is 6.54 Å². The number of nitrogens with one attached hydrogen (secondary N) is 2. The normalized spacial score (nSPS) is 19.5. The van der Waals surface area contributed by atoms with E-state index in [2.05, 4.69) is 53.6 Å². The van der Waals surface area contributed by atoms with E-state index in [0.29, 0.717) is 12.1 Å². The number of hydrogen-bond donors (Lipinski definition) is 2. The molecule has 1 aliphatic heterocycles. The Labute approximate surface area is 173 Å². The number of rotatable bonds is 7. The molecule has 1 heterocycles. The minimum absolute atomic E-state index is 0.0306. The topological polar surface area (TPSA) is 61.4 Å². The number of carbonyl (C=O) groups excluding carboxylic acids is 2. The summed E-state index contributed by atoms with van der Waals surface area (Å²) in [5, 5.41) is 5.49. The van der Waals surface area contributed by atoms with Crippen molar-refractivity contribution in [2.24, 2.45) is 11.8 Å². The molecule has 2 N–H and O–H groups in total. The molecule has 2 unspecified atom stereocenters. The maximum absolute atomic E-state index is 12.0. The molecule has 1 fully saturated rings. The van der Waals surface area contributed by atoms with Crippen molar-refractivity contribution < 1.29 is 9.59 Å². The van der Waals surface area contributed by atoms with Crippen LogP contribution in [0.3, 0.4) is 0 Å². The average Bonchev–Trinajstić information content (AvgIpc) is 2.71. The van der Waals surface area contributed by atoms with Gasteiger partial charge in [-0.1, -0.05) is 56.3 Å². The molecule has 1 aliphatic rings. The van der Waals surface area contributed by atoms with Crippen molar-refractivity contribution in [3.05, 3.63) is 71.3 Å². The van der Waals surface area contributed by atoms with Crippen molar-refractivity contribution in [2.45, 2.75) is 33.4 Å². The van der Waals surface area contributed by atoms with Gasteiger partial charge in [-0.3, -0.25) is 14.5 Å². The lowest BCUT2D eigenvalue weighted by atomic mass is 9.91. The van der Waals surface area contributed by atoms with E-state index in [1.165, 1.54) is 12.0 Å². The van der Waals surface area contributed by atoms with E-state index in [1.54, 1.807) is 24.3 Å². The fraction of sp³-hybridized carbons (Fsp3) is 0.417. The van der Waals surface area contributed by atoms with Crippen molar-refractivity contribution in [3.63, 3.8) is 0 Å². The van der Waals surface area contributed by atoms with Gasteiger partial charge in [0.1, 0.15) is 0 Å². The molecule has 2 amide bonds. The van der Waals surface area contributed by atoms with Gasteiger partial charge in [-0.25, -0.2) is 0 Å². The van der Waals surface area contributed by atoms with Gasteiger partial charge in [0, 0.05) is 31.7 Å². The maximum atomic E-state index is 12.0.